The van der Waals surface area contributed by atoms with Crippen LogP contribution < -0.4 is 10.1 Å². The Labute approximate surface area is 181 Å². The summed E-state index contributed by atoms with van der Waals surface area (Å²) in [6, 6.07) is 14.7. The van der Waals surface area contributed by atoms with E-state index in [1.54, 1.807) is 0 Å². The van der Waals surface area contributed by atoms with Gasteiger partial charge in [-0.2, -0.15) is 0 Å². The highest BCUT2D eigenvalue weighted by Crippen LogP contribution is 2.28. The Bertz CT molecular complexity index is 841. The molecule has 162 valence electrons. The van der Waals surface area contributed by atoms with Crippen molar-refractivity contribution in [1.29, 1.82) is 0 Å². The Morgan fingerprint density at radius 2 is 1.77 bits per heavy atom. The minimum atomic E-state index is -0.541. The minimum absolute atomic E-state index is 0.0901. The summed E-state index contributed by atoms with van der Waals surface area (Å²) in [4.78, 5) is 15.2. The summed E-state index contributed by atoms with van der Waals surface area (Å²) < 4.78 is 6.04. The van der Waals surface area contributed by atoms with E-state index in [1.807, 2.05) is 19.9 Å². The van der Waals surface area contributed by atoms with Crippen molar-refractivity contribution in [3.63, 3.8) is 0 Å². The molecule has 0 aliphatic carbocycles. The number of amides is 1. The zero-order chi connectivity index (χ0) is 21.5. The first-order valence-electron chi connectivity index (χ1n) is 11.3. The second kappa shape index (κ2) is 10.6. The number of hydrogen-bond acceptors (Lipinski definition) is 3. The molecular formula is C26H36N2O2. The molecule has 30 heavy (non-hydrogen) atoms. The fraction of sp³-hybridized carbons (Fsp3) is 0.500. The van der Waals surface area contributed by atoms with Crippen molar-refractivity contribution < 1.29 is 9.53 Å². The molecule has 0 radical (unpaired) electrons. The Kier molecular flexibility index (Phi) is 7.92. The molecule has 4 heteroatoms. The van der Waals surface area contributed by atoms with Crippen LogP contribution >= 0.6 is 0 Å². The summed E-state index contributed by atoms with van der Waals surface area (Å²) in [5.74, 6) is 1.06. The SMILES string of the molecule is Cc1ccc(C(C)C)c(O[C@@H](C)C(=O)NCc2cccc(CN3CCCCC3)c2)c1. The number of carbonyl (C=O) groups excluding carboxylic acids is 1. The van der Waals surface area contributed by atoms with Gasteiger partial charge < -0.3 is 10.1 Å². The number of aryl methyl sites for hydroxylation is 1. The number of rotatable bonds is 8. The lowest BCUT2D eigenvalue weighted by Crippen LogP contribution is -2.36. The second-order valence-corrected chi connectivity index (χ2v) is 8.83. The maximum atomic E-state index is 12.6. The van der Waals surface area contributed by atoms with Gasteiger partial charge >= 0.3 is 0 Å². The number of hydrogen-bond donors (Lipinski definition) is 1. The molecule has 0 unspecified atom stereocenters. The Hall–Kier alpha value is -2.33. The van der Waals surface area contributed by atoms with Crippen molar-refractivity contribution in [1.82, 2.24) is 10.2 Å². The molecule has 1 amide bonds. The van der Waals surface area contributed by atoms with Crippen LogP contribution in [0, 0.1) is 6.92 Å². The topological polar surface area (TPSA) is 41.6 Å². The number of likely N-dealkylation sites (tertiary alicyclic amines) is 1. The van der Waals surface area contributed by atoms with Crippen molar-refractivity contribution >= 4 is 5.91 Å². The smallest absolute Gasteiger partial charge is 0.261 e. The van der Waals surface area contributed by atoms with Crippen LogP contribution in [0.5, 0.6) is 5.75 Å². The van der Waals surface area contributed by atoms with Crippen LogP contribution in [-0.4, -0.2) is 30.0 Å². The number of carbonyl (C=O) groups is 1. The van der Waals surface area contributed by atoms with Gasteiger partial charge in [-0.15, -0.1) is 0 Å². The van der Waals surface area contributed by atoms with Crippen LogP contribution in [0.1, 0.15) is 68.2 Å². The van der Waals surface area contributed by atoms with Crippen molar-refractivity contribution in [2.75, 3.05) is 13.1 Å². The lowest BCUT2D eigenvalue weighted by molar-refractivity contribution is -0.127. The molecule has 1 fully saturated rings. The van der Waals surface area contributed by atoms with Gasteiger partial charge in [-0.3, -0.25) is 9.69 Å². The zero-order valence-corrected chi connectivity index (χ0v) is 18.9. The third-order valence-corrected chi connectivity index (χ3v) is 5.78. The van der Waals surface area contributed by atoms with Crippen LogP contribution in [0.2, 0.25) is 0 Å². The first-order valence-corrected chi connectivity index (χ1v) is 11.3. The standard InChI is InChI=1S/C26H36N2O2/c1-19(2)24-12-11-20(3)15-25(24)30-21(4)26(29)27-17-22-9-8-10-23(16-22)18-28-13-6-5-7-14-28/h8-12,15-16,19,21H,5-7,13-14,17-18H2,1-4H3,(H,27,29)/t21-/m0/s1. The van der Waals surface area contributed by atoms with Crippen molar-refractivity contribution in [2.24, 2.45) is 0 Å². The third kappa shape index (κ3) is 6.33. The summed E-state index contributed by atoms with van der Waals surface area (Å²) in [6.07, 6.45) is 3.41. The summed E-state index contributed by atoms with van der Waals surface area (Å²) in [5.41, 5.74) is 4.70. The summed E-state index contributed by atoms with van der Waals surface area (Å²) in [6.45, 7) is 12.0. The van der Waals surface area contributed by atoms with Gasteiger partial charge in [0.05, 0.1) is 0 Å². The van der Waals surface area contributed by atoms with Gasteiger partial charge in [0.15, 0.2) is 6.10 Å². The minimum Gasteiger partial charge on any atom is -0.481 e. The number of benzene rings is 2. The van der Waals surface area contributed by atoms with Crippen molar-refractivity contribution in [2.45, 2.75) is 72.1 Å². The average Bonchev–Trinajstić information content (AvgIpc) is 2.73. The van der Waals surface area contributed by atoms with Crippen LogP contribution in [0.3, 0.4) is 0 Å². The van der Waals surface area contributed by atoms with Gasteiger partial charge in [0.2, 0.25) is 0 Å². The van der Waals surface area contributed by atoms with Gasteiger partial charge in [0, 0.05) is 13.1 Å². The largest absolute Gasteiger partial charge is 0.481 e. The quantitative estimate of drug-likeness (QED) is 0.654. The van der Waals surface area contributed by atoms with E-state index < -0.39 is 6.10 Å². The van der Waals surface area contributed by atoms with E-state index in [0.717, 1.165) is 29.0 Å². The van der Waals surface area contributed by atoms with Crippen molar-refractivity contribution in [3.8, 4) is 5.75 Å². The molecule has 1 heterocycles. The molecule has 1 saturated heterocycles. The normalized spacial score (nSPS) is 15.8. The van der Waals surface area contributed by atoms with Crippen molar-refractivity contribution in [3.05, 3.63) is 64.7 Å². The number of nitrogens with one attached hydrogen (secondary N) is 1. The van der Waals surface area contributed by atoms with Gasteiger partial charge in [-0.25, -0.2) is 0 Å². The molecule has 4 nitrogen and oxygen atoms in total. The number of nitrogens with zero attached hydrogens (tertiary/aromatic N) is 1. The van der Waals surface area contributed by atoms with Gasteiger partial charge in [-0.05, 0) is 74.0 Å². The monoisotopic (exact) mass is 408 g/mol. The molecule has 0 aromatic heterocycles. The Morgan fingerprint density at radius 1 is 1.03 bits per heavy atom. The first kappa shape index (κ1) is 22.4. The van der Waals surface area contributed by atoms with Crippen LogP contribution in [-0.2, 0) is 17.9 Å². The Balaban J connectivity index is 1.55. The maximum absolute atomic E-state index is 12.6. The zero-order valence-electron chi connectivity index (χ0n) is 18.9. The average molecular weight is 409 g/mol. The molecule has 0 spiro atoms. The molecule has 0 saturated carbocycles. The van der Waals surface area contributed by atoms with Gasteiger partial charge in [0.25, 0.3) is 5.91 Å². The fourth-order valence-corrected chi connectivity index (χ4v) is 4.01. The second-order valence-electron chi connectivity index (χ2n) is 8.83. The van der Waals surface area contributed by atoms with E-state index in [-0.39, 0.29) is 5.91 Å². The number of ether oxygens (including phenoxy) is 1. The van der Waals surface area contributed by atoms with E-state index in [4.69, 9.17) is 4.74 Å². The molecule has 2 aromatic rings. The third-order valence-electron chi connectivity index (χ3n) is 5.78. The van der Waals surface area contributed by atoms with E-state index in [9.17, 15) is 4.79 Å². The van der Waals surface area contributed by atoms with Gasteiger partial charge in [0.1, 0.15) is 5.75 Å². The first-order chi connectivity index (χ1) is 14.4. The molecule has 0 bridgehead atoms. The van der Waals surface area contributed by atoms with E-state index in [1.165, 1.54) is 37.9 Å². The van der Waals surface area contributed by atoms with Crippen LogP contribution in [0.4, 0.5) is 0 Å². The van der Waals surface area contributed by atoms with E-state index >= 15 is 0 Å². The Morgan fingerprint density at radius 3 is 2.50 bits per heavy atom. The molecule has 1 atom stereocenters. The fourth-order valence-electron chi connectivity index (χ4n) is 4.01. The molecule has 1 aliphatic rings. The predicted molar refractivity (Wildman–Crippen MR) is 123 cm³/mol. The van der Waals surface area contributed by atoms with Crippen LogP contribution in [0.15, 0.2) is 42.5 Å². The highest BCUT2D eigenvalue weighted by Gasteiger charge is 2.18. The summed E-state index contributed by atoms with van der Waals surface area (Å²) in [7, 11) is 0. The maximum Gasteiger partial charge on any atom is 0.261 e. The molecule has 2 aromatic carbocycles. The number of piperidine rings is 1. The van der Waals surface area contributed by atoms with E-state index in [2.05, 4.69) is 60.5 Å². The van der Waals surface area contributed by atoms with Crippen LogP contribution in [0.25, 0.3) is 0 Å². The van der Waals surface area contributed by atoms with Gasteiger partial charge in [-0.1, -0.05) is 56.7 Å². The lowest BCUT2D eigenvalue weighted by atomic mass is 10.0. The lowest BCUT2D eigenvalue weighted by Gasteiger charge is -2.26. The highest BCUT2D eigenvalue weighted by atomic mass is 16.5. The summed E-state index contributed by atoms with van der Waals surface area (Å²) >= 11 is 0. The molecule has 3 rings (SSSR count). The molecular weight excluding hydrogens is 372 g/mol. The predicted octanol–water partition coefficient (Wildman–Crippen LogP) is 5.19. The van der Waals surface area contributed by atoms with E-state index in [0.29, 0.717) is 12.5 Å². The molecule has 1 aliphatic heterocycles. The molecule has 1 N–H and O–H groups in total. The summed E-state index contributed by atoms with van der Waals surface area (Å²) in [5, 5.41) is 3.04. The highest BCUT2D eigenvalue weighted by molar-refractivity contribution is 5.80.